The number of fused-ring (bicyclic) bond motifs is 1. The van der Waals surface area contributed by atoms with Crippen LogP contribution in [-0.4, -0.2) is 51.2 Å². The number of nitrogens with one attached hydrogen (secondary N) is 2. The molecule has 29 heavy (non-hydrogen) atoms. The van der Waals surface area contributed by atoms with Crippen molar-refractivity contribution in [3.8, 4) is 0 Å². The second kappa shape index (κ2) is 7.65. The number of nitrogens with zero attached hydrogens (tertiary/aromatic N) is 1. The highest BCUT2D eigenvalue weighted by molar-refractivity contribution is 6.06. The summed E-state index contributed by atoms with van der Waals surface area (Å²) < 4.78 is 0. The Balaban J connectivity index is 1.73. The highest BCUT2D eigenvalue weighted by Gasteiger charge is 2.39. The number of carboxylic acids is 1. The van der Waals surface area contributed by atoms with Gasteiger partial charge in [-0.2, -0.15) is 0 Å². The molecule has 1 fully saturated rings. The molecule has 1 unspecified atom stereocenters. The number of hydrogen-bond donors (Lipinski definition) is 3. The van der Waals surface area contributed by atoms with Crippen LogP contribution < -0.4 is 10.6 Å². The number of carbonyl (C=O) groups is 5. The second-order valence-corrected chi connectivity index (χ2v) is 8.00. The van der Waals surface area contributed by atoms with Gasteiger partial charge in [0.2, 0.25) is 11.8 Å². The fourth-order valence-corrected chi connectivity index (χ4v) is 3.56. The molecule has 0 aliphatic carbocycles. The molecule has 2 heterocycles. The summed E-state index contributed by atoms with van der Waals surface area (Å²) >= 11 is 0. The molecule has 154 valence electrons. The summed E-state index contributed by atoms with van der Waals surface area (Å²) in [6, 6.07) is 4.06. The first-order valence-electron chi connectivity index (χ1n) is 9.39. The highest BCUT2D eigenvalue weighted by atomic mass is 16.4. The monoisotopic (exact) mass is 401 g/mol. The largest absolute Gasteiger partial charge is 0.481 e. The van der Waals surface area contributed by atoms with Crippen LogP contribution in [0.1, 0.15) is 65.8 Å². The summed E-state index contributed by atoms with van der Waals surface area (Å²) in [7, 11) is 0. The lowest BCUT2D eigenvalue weighted by atomic mass is 9.97. The average molecular weight is 401 g/mol. The van der Waals surface area contributed by atoms with Gasteiger partial charge in [0.1, 0.15) is 6.04 Å². The maximum absolute atomic E-state index is 12.8. The van der Waals surface area contributed by atoms with Crippen LogP contribution in [0.4, 0.5) is 0 Å². The maximum Gasteiger partial charge on any atom is 0.303 e. The van der Waals surface area contributed by atoms with Gasteiger partial charge >= 0.3 is 5.97 Å². The van der Waals surface area contributed by atoms with Crippen LogP contribution in [0.3, 0.4) is 0 Å². The van der Waals surface area contributed by atoms with Crippen LogP contribution in [0.25, 0.3) is 0 Å². The summed E-state index contributed by atoms with van der Waals surface area (Å²) in [5.74, 6) is -2.53. The van der Waals surface area contributed by atoms with Gasteiger partial charge in [-0.25, -0.2) is 0 Å². The number of imide groups is 1. The molecular formula is C20H23N3O6. The van der Waals surface area contributed by atoms with Gasteiger partial charge in [-0.15, -0.1) is 0 Å². The van der Waals surface area contributed by atoms with E-state index in [1.54, 1.807) is 26.0 Å². The van der Waals surface area contributed by atoms with Gasteiger partial charge < -0.3 is 15.3 Å². The van der Waals surface area contributed by atoms with Crippen LogP contribution >= 0.6 is 0 Å². The van der Waals surface area contributed by atoms with E-state index in [9.17, 15) is 24.0 Å². The molecule has 4 amide bonds. The average Bonchev–Trinajstić information content (AvgIpc) is 2.96. The normalized spacial score (nSPS) is 19.0. The molecule has 1 atom stereocenters. The van der Waals surface area contributed by atoms with Crippen molar-refractivity contribution in [3.63, 3.8) is 0 Å². The van der Waals surface area contributed by atoms with Crippen molar-refractivity contribution in [2.24, 2.45) is 0 Å². The molecule has 0 radical (unpaired) electrons. The van der Waals surface area contributed by atoms with Crippen molar-refractivity contribution < 1.29 is 29.1 Å². The lowest BCUT2D eigenvalue weighted by Gasteiger charge is -2.29. The summed E-state index contributed by atoms with van der Waals surface area (Å²) in [5, 5.41) is 13.9. The van der Waals surface area contributed by atoms with Crippen molar-refractivity contribution in [2.45, 2.75) is 57.7 Å². The summed E-state index contributed by atoms with van der Waals surface area (Å²) in [6.07, 6.45) is 0.642. The topological polar surface area (TPSA) is 133 Å². The fraction of sp³-hybridized carbons (Fsp3) is 0.450. The van der Waals surface area contributed by atoms with E-state index in [2.05, 4.69) is 10.6 Å². The van der Waals surface area contributed by atoms with Crippen LogP contribution in [0.5, 0.6) is 0 Å². The fourth-order valence-electron chi connectivity index (χ4n) is 3.56. The molecule has 9 heteroatoms. The van der Waals surface area contributed by atoms with Crippen LogP contribution in [0.2, 0.25) is 0 Å². The number of hydrogen-bond acceptors (Lipinski definition) is 5. The molecule has 2 aliphatic rings. The number of carbonyl (C=O) groups excluding carboxylic acids is 4. The van der Waals surface area contributed by atoms with E-state index >= 15 is 0 Å². The Kier molecular flexibility index (Phi) is 5.41. The van der Waals surface area contributed by atoms with Crippen molar-refractivity contribution in [1.82, 2.24) is 15.5 Å². The number of benzene rings is 1. The third-order valence-corrected chi connectivity index (χ3v) is 5.21. The Hall–Kier alpha value is -3.23. The number of amides is 4. The Morgan fingerprint density at radius 1 is 1.28 bits per heavy atom. The predicted molar refractivity (Wildman–Crippen MR) is 101 cm³/mol. The Bertz CT molecular complexity index is 907. The van der Waals surface area contributed by atoms with Gasteiger partial charge in [-0.3, -0.25) is 29.3 Å². The maximum atomic E-state index is 12.8. The molecule has 0 saturated carbocycles. The van der Waals surface area contributed by atoms with Gasteiger partial charge in [-0.05, 0) is 44.4 Å². The third-order valence-electron chi connectivity index (χ3n) is 5.21. The van der Waals surface area contributed by atoms with E-state index < -0.39 is 29.4 Å². The molecule has 9 nitrogen and oxygen atoms in total. The van der Waals surface area contributed by atoms with Crippen LogP contribution in [-0.2, 0) is 20.9 Å². The van der Waals surface area contributed by atoms with Crippen LogP contribution in [0, 0.1) is 0 Å². The number of rotatable bonds is 6. The molecular weight excluding hydrogens is 378 g/mol. The Morgan fingerprint density at radius 3 is 2.66 bits per heavy atom. The standard InChI is InChI=1S/C20H23N3O6/c1-20(2,8-7-16(25)26)22-17(27)11-3-4-12-10-23(19(29)13(12)9-11)14-5-6-15(24)21-18(14)28/h3-4,9,14H,5-8,10H2,1-2H3,(H,22,27)(H,25,26)(H,21,24,28). The highest BCUT2D eigenvalue weighted by Crippen LogP contribution is 2.28. The van der Waals surface area contributed by atoms with E-state index in [4.69, 9.17) is 5.11 Å². The summed E-state index contributed by atoms with van der Waals surface area (Å²) in [5.41, 5.74) is 0.620. The molecule has 0 bridgehead atoms. The van der Waals surface area contributed by atoms with Crippen molar-refractivity contribution in [1.29, 1.82) is 0 Å². The van der Waals surface area contributed by atoms with Gasteiger partial charge in [0.25, 0.3) is 11.8 Å². The minimum atomic E-state index is -0.941. The van der Waals surface area contributed by atoms with E-state index in [0.717, 1.165) is 0 Å². The smallest absolute Gasteiger partial charge is 0.303 e. The zero-order valence-corrected chi connectivity index (χ0v) is 16.3. The molecule has 1 saturated heterocycles. The van der Waals surface area contributed by atoms with Gasteiger partial charge in [0, 0.05) is 36.1 Å². The van der Waals surface area contributed by atoms with Gasteiger partial charge in [0.15, 0.2) is 0 Å². The first-order chi connectivity index (χ1) is 13.6. The van der Waals surface area contributed by atoms with Crippen molar-refractivity contribution in [3.05, 3.63) is 34.9 Å². The first-order valence-corrected chi connectivity index (χ1v) is 9.39. The van der Waals surface area contributed by atoms with Crippen molar-refractivity contribution in [2.75, 3.05) is 0 Å². The molecule has 2 aliphatic heterocycles. The second-order valence-electron chi connectivity index (χ2n) is 8.00. The lowest BCUT2D eigenvalue weighted by Crippen LogP contribution is -2.52. The van der Waals surface area contributed by atoms with E-state index in [0.29, 0.717) is 11.1 Å². The Morgan fingerprint density at radius 2 is 2.00 bits per heavy atom. The lowest BCUT2D eigenvalue weighted by molar-refractivity contribution is -0.138. The molecule has 0 aromatic heterocycles. The number of carboxylic acid groups (broad SMARTS) is 1. The molecule has 3 N–H and O–H groups in total. The van der Waals surface area contributed by atoms with E-state index in [1.807, 2.05) is 0 Å². The molecule has 3 rings (SSSR count). The predicted octanol–water partition coefficient (Wildman–Crippen LogP) is 0.821. The zero-order valence-electron chi connectivity index (χ0n) is 16.3. The molecule has 0 spiro atoms. The minimum Gasteiger partial charge on any atom is -0.481 e. The number of aliphatic carboxylic acids is 1. The summed E-state index contributed by atoms with van der Waals surface area (Å²) in [4.78, 5) is 61.0. The minimum absolute atomic E-state index is 0.0726. The Labute approximate surface area is 167 Å². The van der Waals surface area contributed by atoms with E-state index in [1.165, 1.54) is 11.0 Å². The SMILES string of the molecule is CC(C)(CCC(=O)O)NC(=O)c1ccc2c(c1)C(=O)N(C1CCC(=O)NC1=O)C2. The third kappa shape index (κ3) is 4.44. The zero-order chi connectivity index (χ0) is 21.3. The van der Waals surface area contributed by atoms with Gasteiger partial charge in [0.05, 0.1) is 0 Å². The quantitative estimate of drug-likeness (QED) is 0.605. The summed E-state index contributed by atoms with van der Waals surface area (Å²) in [6.45, 7) is 3.71. The molecule has 1 aromatic rings. The van der Waals surface area contributed by atoms with Gasteiger partial charge in [-0.1, -0.05) is 6.07 Å². The van der Waals surface area contributed by atoms with E-state index in [-0.39, 0.29) is 49.6 Å². The molecule has 1 aromatic carbocycles. The first kappa shape index (κ1) is 20.5. The van der Waals surface area contributed by atoms with Crippen LogP contribution in [0.15, 0.2) is 18.2 Å². The van der Waals surface area contributed by atoms with Crippen molar-refractivity contribution >= 4 is 29.6 Å². The number of piperidine rings is 1.